The molecule has 0 radical (unpaired) electrons. The second-order valence-electron chi connectivity index (χ2n) is 3.72. The van der Waals surface area contributed by atoms with Crippen LogP contribution >= 0.6 is 0 Å². The van der Waals surface area contributed by atoms with Crippen molar-refractivity contribution in [1.82, 2.24) is 9.19 Å². The first-order chi connectivity index (χ1) is 8.46. The lowest BCUT2D eigenvalue weighted by Crippen LogP contribution is -2.17. The van der Waals surface area contributed by atoms with E-state index in [2.05, 4.69) is 5.10 Å². The zero-order chi connectivity index (χ0) is 13.3. The van der Waals surface area contributed by atoms with Crippen LogP contribution in [0.4, 0.5) is 5.82 Å². The Kier molecular flexibility index (Phi) is 2.80. The molecule has 0 amide bonds. The average Bonchev–Trinajstić information content (AvgIpc) is 2.71. The van der Waals surface area contributed by atoms with Crippen LogP contribution < -0.4 is 5.73 Å². The highest BCUT2D eigenvalue weighted by molar-refractivity contribution is 7.90. The third-order valence-electron chi connectivity index (χ3n) is 2.44. The van der Waals surface area contributed by atoms with Gasteiger partial charge in [-0.3, -0.25) is 0 Å². The first kappa shape index (κ1) is 12.1. The number of nitrogen functional groups attached to an aromatic ring is 1. The number of aromatic nitrogens is 2. The molecular weight excluding hydrogens is 252 g/mol. The molecule has 0 fully saturated rings. The Morgan fingerprint density at radius 2 is 1.94 bits per heavy atom. The van der Waals surface area contributed by atoms with Crippen LogP contribution in [0, 0.1) is 18.3 Å². The van der Waals surface area contributed by atoms with Crippen LogP contribution in [-0.4, -0.2) is 17.6 Å². The minimum atomic E-state index is -3.85. The number of anilines is 1. The predicted molar refractivity (Wildman–Crippen MR) is 65.1 cm³/mol. The molecular formula is C11H10N4O2S. The van der Waals surface area contributed by atoms with E-state index < -0.39 is 10.0 Å². The molecule has 0 atom stereocenters. The number of rotatable bonds is 2. The molecule has 0 saturated carbocycles. The second kappa shape index (κ2) is 4.16. The summed E-state index contributed by atoms with van der Waals surface area (Å²) in [7, 11) is -3.85. The fraction of sp³-hybridized carbons (Fsp3) is 0.0909. The zero-order valence-electron chi connectivity index (χ0n) is 9.53. The van der Waals surface area contributed by atoms with Crippen molar-refractivity contribution >= 4 is 15.8 Å². The molecule has 2 aromatic rings. The molecule has 0 aliphatic heterocycles. The molecule has 0 bridgehead atoms. The molecule has 1 aromatic heterocycles. The molecule has 0 aliphatic rings. The average molecular weight is 262 g/mol. The molecule has 0 aliphatic carbocycles. The van der Waals surface area contributed by atoms with Crippen molar-refractivity contribution in [1.29, 1.82) is 5.26 Å². The number of nitriles is 1. The van der Waals surface area contributed by atoms with Gasteiger partial charge in [-0.25, -0.2) is 0 Å². The third-order valence-corrected chi connectivity index (χ3v) is 4.05. The lowest BCUT2D eigenvalue weighted by molar-refractivity contribution is 0.581. The van der Waals surface area contributed by atoms with Gasteiger partial charge in [0.15, 0.2) is 5.82 Å². The molecule has 18 heavy (non-hydrogen) atoms. The summed E-state index contributed by atoms with van der Waals surface area (Å²) in [6.45, 7) is 1.85. The van der Waals surface area contributed by atoms with E-state index in [1.54, 1.807) is 18.2 Å². The highest BCUT2D eigenvalue weighted by Gasteiger charge is 2.21. The zero-order valence-corrected chi connectivity index (χ0v) is 10.3. The van der Waals surface area contributed by atoms with Crippen molar-refractivity contribution in [3.8, 4) is 6.07 Å². The summed E-state index contributed by atoms with van der Waals surface area (Å²) < 4.78 is 25.1. The van der Waals surface area contributed by atoms with E-state index >= 15 is 0 Å². The van der Waals surface area contributed by atoms with Gasteiger partial charge in [0.1, 0.15) is 11.6 Å². The molecule has 7 heteroatoms. The van der Waals surface area contributed by atoms with Crippen LogP contribution in [0.2, 0.25) is 0 Å². The molecule has 0 unspecified atom stereocenters. The van der Waals surface area contributed by atoms with Crippen LogP contribution in [0.3, 0.4) is 0 Å². The smallest absolute Gasteiger partial charge is 0.284 e. The molecule has 1 aromatic carbocycles. The van der Waals surface area contributed by atoms with Gasteiger partial charge in [0.25, 0.3) is 10.0 Å². The largest absolute Gasteiger partial charge is 0.382 e. The minimum Gasteiger partial charge on any atom is -0.382 e. The first-order valence-corrected chi connectivity index (χ1v) is 6.46. The maximum atomic E-state index is 12.2. The van der Waals surface area contributed by atoms with Gasteiger partial charge in [0, 0.05) is 0 Å². The number of nitrogens with two attached hydrogens (primary N) is 1. The van der Waals surface area contributed by atoms with E-state index in [0.29, 0.717) is 4.09 Å². The Labute approximate surface area is 104 Å². The predicted octanol–water partition coefficient (Wildman–Crippen LogP) is 0.882. The van der Waals surface area contributed by atoms with E-state index in [-0.39, 0.29) is 16.3 Å². The first-order valence-electron chi connectivity index (χ1n) is 5.02. The van der Waals surface area contributed by atoms with Crippen molar-refractivity contribution in [3.63, 3.8) is 0 Å². The lowest BCUT2D eigenvalue weighted by atomic mass is 10.2. The molecule has 2 rings (SSSR count). The molecule has 0 saturated heterocycles. The van der Waals surface area contributed by atoms with E-state index in [0.717, 1.165) is 11.8 Å². The minimum absolute atomic E-state index is 0.0330. The van der Waals surface area contributed by atoms with E-state index in [1.807, 2.05) is 6.92 Å². The number of nitrogens with zero attached hydrogens (tertiary/aromatic N) is 3. The standard InChI is InChI=1S/C11H10N4O2S/c1-8-2-4-10(5-3-8)18(16,17)15-11(13)9(6-12)7-14-15/h2-5,7H,13H2,1H3. The van der Waals surface area contributed by atoms with Gasteiger partial charge >= 0.3 is 0 Å². The Bertz CT molecular complexity index is 723. The summed E-state index contributed by atoms with van der Waals surface area (Å²) >= 11 is 0. The van der Waals surface area contributed by atoms with E-state index in [9.17, 15) is 8.42 Å². The van der Waals surface area contributed by atoms with Crippen molar-refractivity contribution < 1.29 is 8.42 Å². The van der Waals surface area contributed by atoms with Gasteiger partial charge in [-0.05, 0) is 19.1 Å². The van der Waals surface area contributed by atoms with Gasteiger partial charge in [-0.15, -0.1) is 4.09 Å². The maximum Gasteiger partial charge on any atom is 0.284 e. The van der Waals surface area contributed by atoms with Crippen LogP contribution in [-0.2, 0) is 10.0 Å². The Morgan fingerprint density at radius 1 is 1.33 bits per heavy atom. The molecule has 0 spiro atoms. The highest BCUT2D eigenvalue weighted by Crippen LogP contribution is 2.19. The second-order valence-corrected chi connectivity index (χ2v) is 5.48. The van der Waals surface area contributed by atoms with Crippen molar-refractivity contribution in [3.05, 3.63) is 41.6 Å². The number of aryl methyl sites for hydroxylation is 1. The molecule has 6 nitrogen and oxygen atoms in total. The normalized spacial score (nSPS) is 11.1. The Hall–Kier alpha value is -2.33. The fourth-order valence-electron chi connectivity index (χ4n) is 1.43. The fourth-order valence-corrected chi connectivity index (χ4v) is 2.64. The summed E-state index contributed by atoms with van der Waals surface area (Å²) in [4.78, 5) is 0.0763. The maximum absolute atomic E-state index is 12.2. The summed E-state index contributed by atoms with van der Waals surface area (Å²) in [5, 5.41) is 12.4. The Morgan fingerprint density at radius 3 is 2.44 bits per heavy atom. The van der Waals surface area contributed by atoms with Crippen molar-refractivity contribution in [2.75, 3.05) is 5.73 Å². The lowest BCUT2D eigenvalue weighted by Gasteiger charge is -2.06. The highest BCUT2D eigenvalue weighted by atomic mass is 32.2. The van der Waals surface area contributed by atoms with E-state index in [4.69, 9.17) is 11.0 Å². The SMILES string of the molecule is Cc1ccc(S(=O)(=O)n2ncc(C#N)c2N)cc1. The quantitative estimate of drug-likeness (QED) is 0.865. The molecule has 1 heterocycles. The van der Waals surface area contributed by atoms with Gasteiger partial charge in [-0.2, -0.15) is 18.8 Å². The van der Waals surface area contributed by atoms with Crippen LogP contribution in [0.15, 0.2) is 35.4 Å². The summed E-state index contributed by atoms with van der Waals surface area (Å²) in [5.74, 6) is -0.182. The number of hydrogen-bond acceptors (Lipinski definition) is 5. The van der Waals surface area contributed by atoms with Gasteiger partial charge < -0.3 is 5.73 Å². The number of hydrogen-bond donors (Lipinski definition) is 1. The van der Waals surface area contributed by atoms with Gasteiger partial charge in [0.05, 0.1) is 11.1 Å². The monoisotopic (exact) mass is 262 g/mol. The van der Waals surface area contributed by atoms with Crippen LogP contribution in [0.5, 0.6) is 0 Å². The van der Waals surface area contributed by atoms with Crippen LogP contribution in [0.25, 0.3) is 0 Å². The molecule has 92 valence electrons. The van der Waals surface area contributed by atoms with Gasteiger partial charge in [0.2, 0.25) is 0 Å². The topological polar surface area (TPSA) is 102 Å². The Balaban J connectivity index is 2.59. The summed E-state index contributed by atoms with van der Waals surface area (Å²) in [5.41, 5.74) is 6.54. The van der Waals surface area contributed by atoms with Gasteiger partial charge in [-0.1, -0.05) is 17.7 Å². The van der Waals surface area contributed by atoms with Crippen molar-refractivity contribution in [2.24, 2.45) is 0 Å². The van der Waals surface area contributed by atoms with Crippen molar-refractivity contribution in [2.45, 2.75) is 11.8 Å². The summed E-state index contributed by atoms with van der Waals surface area (Å²) in [6, 6.07) is 8.07. The molecule has 2 N–H and O–H groups in total. The summed E-state index contributed by atoms with van der Waals surface area (Å²) in [6.07, 6.45) is 1.13. The number of benzene rings is 1. The third kappa shape index (κ3) is 1.83. The van der Waals surface area contributed by atoms with Crippen LogP contribution in [0.1, 0.15) is 11.1 Å². The van der Waals surface area contributed by atoms with E-state index in [1.165, 1.54) is 12.1 Å².